The van der Waals surface area contributed by atoms with Crippen molar-refractivity contribution in [3.05, 3.63) is 0 Å². The molecule has 3 N–H and O–H groups in total. The number of hydrogen-bond acceptors (Lipinski definition) is 5. The second-order valence-corrected chi connectivity index (χ2v) is 4.08. The average molecular weight is 344 g/mol. The van der Waals surface area contributed by atoms with Crippen LogP contribution in [0.25, 0.3) is 0 Å². The third kappa shape index (κ3) is 45.4. The van der Waals surface area contributed by atoms with E-state index in [2.05, 4.69) is 0 Å². The summed E-state index contributed by atoms with van der Waals surface area (Å²) in [5, 5.41) is 23.5. The Morgan fingerprint density at radius 1 is 0.762 bits per heavy atom. The van der Waals surface area contributed by atoms with E-state index in [4.69, 9.17) is 34.4 Å². The number of carboxylic acid groups (broad SMARTS) is 3. The van der Waals surface area contributed by atoms with Crippen molar-refractivity contribution >= 4 is 17.9 Å². The van der Waals surface area contributed by atoms with Gasteiger partial charge in [-0.15, -0.1) is 0 Å². The molecule has 0 saturated heterocycles. The topological polar surface area (TPSA) is 130 Å². The zero-order valence-corrected chi connectivity index (χ0v) is 14.7. The Kier molecular flexibility index (Phi) is 23.0. The van der Waals surface area contributed by atoms with Gasteiger partial charge in [-0.25, -0.2) is 4.79 Å². The number of hydrogen-bond donors (Lipinski definition) is 3. The van der Waals surface area contributed by atoms with Crippen LogP contribution in [0.5, 0.6) is 0 Å². The molecule has 0 unspecified atom stereocenters. The molecule has 124 valence electrons. The number of carbonyl (C=O) groups is 3. The fourth-order valence-corrected chi connectivity index (χ4v) is 0.643. The standard InChI is InChI=1S/C8H16O4.2C2H4O2.Ti/c1-5(2)11-8(7(9)10)12-6(3)4;2*1-2(3)4;/h5-6,8H,1-4H3,(H,9,10);2*1H3,(H,3,4);. The maximum atomic E-state index is 10.5. The van der Waals surface area contributed by atoms with Crippen molar-refractivity contribution in [2.75, 3.05) is 0 Å². The minimum Gasteiger partial charge on any atom is -0.481 e. The Hall–Kier alpha value is -0.956. The van der Waals surface area contributed by atoms with Crippen molar-refractivity contribution in [1.82, 2.24) is 0 Å². The monoisotopic (exact) mass is 344 g/mol. The van der Waals surface area contributed by atoms with E-state index in [0.29, 0.717) is 0 Å². The smallest absolute Gasteiger partial charge is 0.361 e. The number of rotatable bonds is 5. The van der Waals surface area contributed by atoms with E-state index in [-0.39, 0.29) is 33.9 Å². The van der Waals surface area contributed by atoms with Crippen molar-refractivity contribution in [2.24, 2.45) is 0 Å². The Labute approximate surface area is 139 Å². The van der Waals surface area contributed by atoms with Gasteiger partial charge in [-0.3, -0.25) is 9.59 Å². The molecule has 0 aliphatic rings. The second kappa shape index (κ2) is 17.1. The van der Waals surface area contributed by atoms with Crippen molar-refractivity contribution in [3.8, 4) is 0 Å². The van der Waals surface area contributed by atoms with E-state index >= 15 is 0 Å². The van der Waals surface area contributed by atoms with Gasteiger partial charge in [-0.2, -0.15) is 0 Å². The van der Waals surface area contributed by atoms with Gasteiger partial charge in [0.1, 0.15) is 0 Å². The molecule has 0 aliphatic heterocycles. The van der Waals surface area contributed by atoms with Crippen LogP contribution in [-0.4, -0.2) is 51.7 Å². The van der Waals surface area contributed by atoms with Crippen LogP contribution in [-0.2, 0) is 45.6 Å². The summed E-state index contributed by atoms with van der Waals surface area (Å²) in [7, 11) is 0. The molecule has 0 aromatic heterocycles. The van der Waals surface area contributed by atoms with Gasteiger partial charge in [0.15, 0.2) is 0 Å². The number of ether oxygens (including phenoxy) is 2. The van der Waals surface area contributed by atoms with Gasteiger partial charge in [0.25, 0.3) is 18.2 Å². The van der Waals surface area contributed by atoms with E-state index in [1.165, 1.54) is 0 Å². The fraction of sp³-hybridized carbons (Fsp3) is 0.750. The number of aliphatic carboxylic acids is 3. The van der Waals surface area contributed by atoms with E-state index in [1.54, 1.807) is 27.7 Å². The van der Waals surface area contributed by atoms with Crippen LogP contribution >= 0.6 is 0 Å². The molecule has 9 heteroatoms. The summed E-state index contributed by atoms with van der Waals surface area (Å²) in [5.74, 6) is -2.75. The molecule has 0 saturated carbocycles. The average Bonchev–Trinajstić information content (AvgIpc) is 2.12. The van der Waals surface area contributed by atoms with Crippen molar-refractivity contribution < 1.29 is 60.9 Å². The fourth-order valence-electron chi connectivity index (χ4n) is 0.643. The summed E-state index contributed by atoms with van der Waals surface area (Å²) in [5.41, 5.74) is 0. The minimum atomic E-state index is -1.15. The molecular formula is C12H24O8Ti. The first-order chi connectivity index (χ1) is 8.89. The van der Waals surface area contributed by atoms with E-state index in [0.717, 1.165) is 13.8 Å². The van der Waals surface area contributed by atoms with Gasteiger partial charge < -0.3 is 24.8 Å². The SMILES string of the molecule is CC(=O)O.CC(=O)O.CC(C)OC(OC(C)C)C(=O)O.[Ti]. The first-order valence-corrected chi connectivity index (χ1v) is 5.82. The summed E-state index contributed by atoms with van der Waals surface area (Å²) < 4.78 is 10.0. The van der Waals surface area contributed by atoms with Crippen LogP contribution in [0.2, 0.25) is 0 Å². The second-order valence-electron chi connectivity index (χ2n) is 4.08. The predicted octanol–water partition coefficient (Wildman–Crippen LogP) is 1.43. The van der Waals surface area contributed by atoms with Gasteiger partial charge in [0, 0.05) is 35.6 Å². The van der Waals surface area contributed by atoms with Crippen molar-refractivity contribution in [1.29, 1.82) is 0 Å². The molecule has 0 heterocycles. The number of carboxylic acids is 3. The molecule has 0 aliphatic carbocycles. The Morgan fingerprint density at radius 2 is 0.952 bits per heavy atom. The molecule has 8 nitrogen and oxygen atoms in total. The largest absolute Gasteiger partial charge is 0.481 e. The zero-order valence-electron chi connectivity index (χ0n) is 13.1. The van der Waals surface area contributed by atoms with Gasteiger partial charge >= 0.3 is 5.97 Å². The summed E-state index contributed by atoms with van der Waals surface area (Å²) >= 11 is 0. The van der Waals surface area contributed by atoms with Crippen molar-refractivity contribution in [2.45, 2.75) is 60.0 Å². The van der Waals surface area contributed by atoms with Gasteiger partial charge in [-0.05, 0) is 27.7 Å². The van der Waals surface area contributed by atoms with Gasteiger partial charge in [0.2, 0.25) is 0 Å². The Bertz CT molecular complexity index is 261. The van der Waals surface area contributed by atoms with E-state index in [1.807, 2.05) is 0 Å². The zero-order chi connectivity index (χ0) is 16.9. The molecule has 0 spiro atoms. The quantitative estimate of drug-likeness (QED) is 0.504. The third-order valence-electron chi connectivity index (χ3n) is 0.993. The molecule has 0 radical (unpaired) electrons. The van der Waals surface area contributed by atoms with E-state index < -0.39 is 24.2 Å². The molecule has 21 heavy (non-hydrogen) atoms. The first-order valence-electron chi connectivity index (χ1n) is 5.82. The summed E-state index contributed by atoms with van der Waals surface area (Å²) in [6, 6.07) is 0. The first kappa shape index (κ1) is 28.2. The Morgan fingerprint density at radius 3 is 1.05 bits per heavy atom. The normalized spacial score (nSPS) is 9.00. The van der Waals surface area contributed by atoms with Crippen LogP contribution in [0, 0.1) is 0 Å². The minimum absolute atomic E-state index is 0. The van der Waals surface area contributed by atoms with Crippen molar-refractivity contribution in [3.63, 3.8) is 0 Å². The van der Waals surface area contributed by atoms with E-state index in [9.17, 15) is 4.79 Å². The Balaban J connectivity index is -0.000000134. The van der Waals surface area contributed by atoms with Crippen LogP contribution < -0.4 is 0 Å². The van der Waals surface area contributed by atoms with Gasteiger partial charge in [-0.1, -0.05) is 0 Å². The van der Waals surface area contributed by atoms with Crippen LogP contribution in [0.15, 0.2) is 0 Å². The molecule has 0 atom stereocenters. The summed E-state index contributed by atoms with van der Waals surface area (Å²) in [6.07, 6.45) is -1.44. The van der Waals surface area contributed by atoms with Gasteiger partial charge in [0.05, 0.1) is 12.2 Å². The summed E-state index contributed by atoms with van der Waals surface area (Å²) in [6.45, 7) is 9.22. The molecule has 0 rings (SSSR count). The summed E-state index contributed by atoms with van der Waals surface area (Å²) in [4.78, 5) is 28.5. The molecule has 0 amide bonds. The maximum absolute atomic E-state index is 10.5. The molecular weight excluding hydrogens is 320 g/mol. The molecule has 0 aromatic rings. The predicted molar refractivity (Wildman–Crippen MR) is 70.5 cm³/mol. The maximum Gasteiger partial charge on any atom is 0.361 e. The molecule has 0 bridgehead atoms. The molecule has 0 aromatic carbocycles. The van der Waals surface area contributed by atoms with Crippen LogP contribution in [0.4, 0.5) is 0 Å². The van der Waals surface area contributed by atoms with Crippen LogP contribution in [0.3, 0.4) is 0 Å². The third-order valence-corrected chi connectivity index (χ3v) is 0.993. The molecule has 0 fully saturated rings. The van der Waals surface area contributed by atoms with Crippen LogP contribution in [0.1, 0.15) is 41.5 Å².